The number of aromatic nitrogens is 2. The van der Waals surface area contributed by atoms with Gasteiger partial charge in [0, 0.05) is 17.3 Å². The fraction of sp³-hybridized carbons (Fsp3) is 0. The van der Waals surface area contributed by atoms with Crippen LogP contribution in [0.5, 0.6) is 0 Å². The van der Waals surface area contributed by atoms with Gasteiger partial charge in [0.15, 0.2) is 5.16 Å². The van der Waals surface area contributed by atoms with Gasteiger partial charge in [-0.1, -0.05) is 6.07 Å². The minimum Gasteiger partial charge on any atom is -0.397 e. The second-order valence-corrected chi connectivity index (χ2v) is 5.89. The number of nitrogen functional groups attached to an aromatic ring is 1. The topological polar surface area (TPSA) is 112 Å². The molecular formula is C10H10N4O2S2. The number of sulfonamides is 1. The number of nitrogens with zero attached hydrogens (tertiary/aromatic N) is 2. The van der Waals surface area contributed by atoms with E-state index in [0.29, 0.717) is 10.1 Å². The number of rotatable bonds is 3. The zero-order valence-corrected chi connectivity index (χ0v) is 10.8. The van der Waals surface area contributed by atoms with Gasteiger partial charge in [-0.2, -0.15) is 0 Å². The predicted molar refractivity (Wildman–Crippen MR) is 68.4 cm³/mol. The highest BCUT2D eigenvalue weighted by molar-refractivity contribution is 7.99. The van der Waals surface area contributed by atoms with Crippen molar-refractivity contribution < 1.29 is 8.42 Å². The molecule has 0 spiro atoms. The number of hydrogen-bond donors (Lipinski definition) is 2. The standard InChI is InChI=1S/C10H10N4O2S2/c11-9-7(17-10-13-5-2-6-14-10)3-1-4-8(9)18(12,15)16/h1-6H,11H2,(H2,12,15,16). The van der Waals surface area contributed by atoms with Crippen LogP contribution in [-0.4, -0.2) is 18.4 Å². The molecule has 2 aromatic rings. The number of para-hydroxylation sites is 1. The van der Waals surface area contributed by atoms with Crippen molar-refractivity contribution in [2.24, 2.45) is 5.14 Å². The van der Waals surface area contributed by atoms with Crippen LogP contribution >= 0.6 is 11.8 Å². The molecule has 18 heavy (non-hydrogen) atoms. The number of benzene rings is 1. The fourth-order valence-electron chi connectivity index (χ4n) is 1.30. The highest BCUT2D eigenvalue weighted by Crippen LogP contribution is 2.32. The Morgan fingerprint density at radius 2 is 1.78 bits per heavy atom. The lowest BCUT2D eigenvalue weighted by Gasteiger charge is -2.07. The molecule has 0 atom stereocenters. The Labute approximate surface area is 108 Å². The number of primary sulfonamides is 1. The van der Waals surface area contributed by atoms with E-state index in [1.807, 2.05) is 0 Å². The van der Waals surface area contributed by atoms with E-state index in [1.165, 1.54) is 17.8 Å². The van der Waals surface area contributed by atoms with Crippen LogP contribution in [0.3, 0.4) is 0 Å². The molecule has 0 aliphatic rings. The maximum Gasteiger partial charge on any atom is 0.240 e. The molecule has 2 rings (SSSR count). The number of hydrogen-bond acceptors (Lipinski definition) is 6. The van der Waals surface area contributed by atoms with Crippen molar-refractivity contribution in [1.82, 2.24) is 9.97 Å². The molecule has 0 aliphatic heterocycles. The van der Waals surface area contributed by atoms with Crippen molar-refractivity contribution in [2.75, 3.05) is 5.73 Å². The molecule has 0 unspecified atom stereocenters. The first-order chi connectivity index (χ1) is 8.48. The molecule has 0 amide bonds. The third kappa shape index (κ3) is 2.78. The van der Waals surface area contributed by atoms with E-state index in [4.69, 9.17) is 10.9 Å². The monoisotopic (exact) mass is 282 g/mol. The van der Waals surface area contributed by atoms with E-state index < -0.39 is 10.0 Å². The lowest BCUT2D eigenvalue weighted by Crippen LogP contribution is -2.14. The minimum absolute atomic E-state index is 0.0940. The quantitative estimate of drug-likeness (QED) is 0.637. The average molecular weight is 282 g/mol. The fourth-order valence-corrected chi connectivity index (χ4v) is 2.84. The van der Waals surface area contributed by atoms with Gasteiger partial charge in [-0.25, -0.2) is 23.5 Å². The normalized spacial score (nSPS) is 11.4. The van der Waals surface area contributed by atoms with Crippen LogP contribution in [0.1, 0.15) is 0 Å². The molecular weight excluding hydrogens is 272 g/mol. The Kier molecular flexibility index (Phi) is 3.50. The van der Waals surface area contributed by atoms with Crippen LogP contribution in [0.4, 0.5) is 5.69 Å². The molecule has 1 heterocycles. The van der Waals surface area contributed by atoms with Gasteiger partial charge < -0.3 is 5.73 Å². The molecule has 1 aromatic heterocycles. The average Bonchev–Trinajstić information content (AvgIpc) is 2.32. The van der Waals surface area contributed by atoms with Gasteiger partial charge in [-0.3, -0.25) is 0 Å². The second kappa shape index (κ2) is 4.92. The molecule has 94 valence electrons. The maximum absolute atomic E-state index is 11.3. The minimum atomic E-state index is -3.83. The number of anilines is 1. The number of nitrogens with two attached hydrogens (primary N) is 2. The Balaban J connectivity index is 2.42. The molecule has 0 radical (unpaired) electrons. The first-order valence-electron chi connectivity index (χ1n) is 4.84. The van der Waals surface area contributed by atoms with E-state index in [0.717, 1.165) is 0 Å². The molecule has 0 fully saturated rings. The van der Waals surface area contributed by atoms with Crippen LogP contribution in [-0.2, 0) is 10.0 Å². The molecule has 8 heteroatoms. The lowest BCUT2D eigenvalue weighted by atomic mass is 10.3. The Morgan fingerprint density at radius 3 is 2.39 bits per heavy atom. The summed E-state index contributed by atoms with van der Waals surface area (Å²) in [5, 5.41) is 5.55. The van der Waals surface area contributed by atoms with Gasteiger partial charge in [0.05, 0.1) is 5.69 Å². The smallest absolute Gasteiger partial charge is 0.240 e. The molecule has 0 saturated carbocycles. The summed E-state index contributed by atoms with van der Waals surface area (Å²) < 4.78 is 22.6. The lowest BCUT2D eigenvalue weighted by molar-refractivity contribution is 0.598. The van der Waals surface area contributed by atoms with Gasteiger partial charge >= 0.3 is 0 Å². The van der Waals surface area contributed by atoms with Crippen LogP contribution in [0.2, 0.25) is 0 Å². The van der Waals surface area contributed by atoms with E-state index in [-0.39, 0.29) is 10.6 Å². The van der Waals surface area contributed by atoms with Crippen molar-refractivity contribution in [3.63, 3.8) is 0 Å². The summed E-state index contributed by atoms with van der Waals surface area (Å²) in [5.41, 5.74) is 5.89. The molecule has 4 N–H and O–H groups in total. The molecule has 6 nitrogen and oxygen atoms in total. The molecule has 0 saturated heterocycles. The van der Waals surface area contributed by atoms with Gasteiger partial charge in [-0.15, -0.1) is 0 Å². The SMILES string of the molecule is Nc1c(Sc2ncccn2)cccc1S(N)(=O)=O. The Bertz CT molecular complexity index is 659. The summed E-state index contributed by atoms with van der Waals surface area (Å²) in [4.78, 5) is 8.50. The van der Waals surface area contributed by atoms with Crippen LogP contribution in [0.25, 0.3) is 0 Å². The summed E-state index contributed by atoms with van der Waals surface area (Å²) in [6.07, 6.45) is 3.18. The molecule has 0 bridgehead atoms. The van der Waals surface area contributed by atoms with Crippen LogP contribution in [0.15, 0.2) is 51.6 Å². The van der Waals surface area contributed by atoms with Crippen molar-refractivity contribution in [3.8, 4) is 0 Å². The third-order valence-electron chi connectivity index (χ3n) is 2.08. The van der Waals surface area contributed by atoms with Gasteiger partial charge in [0.2, 0.25) is 10.0 Å². The van der Waals surface area contributed by atoms with Gasteiger partial charge in [-0.05, 0) is 30.0 Å². The highest BCUT2D eigenvalue weighted by atomic mass is 32.2. The van der Waals surface area contributed by atoms with Crippen molar-refractivity contribution in [1.29, 1.82) is 0 Å². The second-order valence-electron chi connectivity index (χ2n) is 3.35. The maximum atomic E-state index is 11.3. The van der Waals surface area contributed by atoms with Gasteiger partial charge in [0.25, 0.3) is 0 Å². The summed E-state index contributed by atoms with van der Waals surface area (Å²) in [5.74, 6) is 0. The molecule has 0 aliphatic carbocycles. The first-order valence-corrected chi connectivity index (χ1v) is 7.21. The zero-order chi connectivity index (χ0) is 13.2. The van der Waals surface area contributed by atoms with Crippen molar-refractivity contribution in [3.05, 3.63) is 36.7 Å². The highest BCUT2D eigenvalue weighted by Gasteiger charge is 2.15. The first kappa shape index (κ1) is 12.8. The largest absolute Gasteiger partial charge is 0.397 e. The summed E-state index contributed by atoms with van der Waals surface area (Å²) in [6.45, 7) is 0. The zero-order valence-electron chi connectivity index (χ0n) is 9.15. The summed E-state index contributed by atoms with van der Waals surface area (Å²) >= 11 is 1.18. The van der Waals surface area contributed by atoms with E-state index in [1.54, 1.807) is 30.6 Å². The van der Waals surface area contributed by atoms with E-state index >= 15 is 0 Å². The van der Waals surface area contributed by atoms with Crippen LogP contribution in [0, 0.1) is 0 Å². The van der Waals surface area contributed by atoms with E-state index in [9.17, 15) is 8.42 Å². The predicted octanol–water partition coefficient (Wildman–Crippen LogP) is 0.857. The summed E-state index contributed by atoms with van der Waals surface area (Å²) in [6, 6.07) is 6.31. The van der Waals surface area contributed by atoms with E-state index in [2.05, 4.69) is 9.97 Å². The Hall–Kier alpha value is -1.64. The summed E-state index contributed by atoms with van der Waals surface area (Å²) in [7, 11) is -3.83. The van der Waals surface area contributed by atoms with Crippen molar-refractivity contribution >= 4 is 27.5 Å². The van der Waals surface area contributed by atoms with Crippen molar-refractivity contribution in [2.45, 2.75) is 14.9 Å². The third-order valence-corrected chi connectivity index (χ3v) is 4.01. The Morgan fingerprint density at radius 1 is 1.11 bits per heavy atom. The van der Waals surface area contributed by atoms with Gasteiger partial charge in [0.1, 0.15) is 4.90 Å². The van der Waals surface area contributed by atoms with Crippen LogP contribution < -0.4 is 10.9 Å². The molecule has 1 aromatic carbocycles.